The van der Waals surface area contributed by atoms with Gasteiger partial charge in [-0.2, -0.15) is 0 Å². The van der Waals surface area contributed by atoms with Crippen LogP contribution in [-0.4, -0.2) is 4.98 Å². The third-order valence-corrected chi connectivity index (χ3v) is 4.65. The average Bonchev–Trinajstić information content (AvgIpc) is 2.66. The summed E-state index contributed by atoms with van der Waals surface area (Å²) in [7, 11) is 0. The van der Waals surface area contributed by atoms with Crippen LogP contribution in [0.5, 0.6) is 0 Å². The molecule has 0 unspecified atom stereocenters. The number of pyridine rings is 1. The van der Waals surface area contributed by atoms with Gasteiger partial charge in [0, 0.05) is 16.3 Å². The third kappa shape index (κ3) is 1.92. The molecule has 0 aliphatic carbocycles. The summed E-state index contributed by atoms with van der Waals surface area (Å²) in [5.41, 5.74) is 4.62. The maximum Gasteiger partial charge on any atom is 0.0715 e. The highest BCUT2D eigenvalue weighted by Gasteiger charge is 2.12. The summed E-state index contributed by atoms with van der Waals surface area (Å²) < 4.78 is 0. The van der Waals surface area contributed by atoms with Crippen molar-refractivity contribution in [2.24, 2.45) is 0 Å². The minimum absolute atomic E-state index is 1.04. The lowest BCUT2D eigenvalue weighted by atomic mass is 9.92. The molecule has 0 N–H and O–H groups in total. The maximum absolute atomic E-state index is 4.84. The van der Waals surface area contributed by atoms with Crippen molar-refractivity contribution < 1.29 is 0 Å². The molecule has 1 heteroatoms. The second kappa shape index (κ2) is 5.17. The summed E-state index contributed by atoms with van der Waals surface area (Å²) >= 11 is 0. The molecule has 1 heterocycles. The SMILES string of the molecule is c1ccc2c(-c3c4ccccc4nc4ccccc34)cccc2c1. The predicted molar refractivity (Wildman–Crippen MR) is 102 cm³/mol. The first-order chi connectivity index (χ1) is 11.9. The predicted octanol–water partition coefficient (Wildman–Crippen LogP) is 6.21. The fourth-order valence-electron chi connectivity index (χ4n) is 3.57. The van der Waals surface area contributed by atoms with E-state index in [0.717, 1.165) is 11.0 Å². The summed E-state index contributed by atoms with van der Waals surface area (Å²) in [5.74, 6) is 0. The number of para-hydroxylation sites is 2. The molecule has 0 saturated carbocycles. The molecular weight excluding hydrogens is 290 g/mol. The van der Waals surface area contributed by atoms with Crippen LogP contribution in [0.2, 0.25) is 0 Å². The molecule has 0 aliphatic rings. The van der Waals surface area contributed by atoms with Crippen molar-refractivity contribution in [3.63, 3.8) is 0 Å². The van der Waals surface area contributed by atoms with Crippen molar-refractivity contribution in [1.82, 2.24) is 4.98 Å². The van der Waals surface area contributed by atoms with Crippen molar-refractivity contribution in [3.05, 3.63) is 91.0 Å². The Morgan fingerprint density at radius 3 is 1.71 bits per heavy atom. The summed E-state index contributed by atoms with van der Waals surface area (Å²) in [6, 6.07) is 31.9. The van der Waals surface area contributed by atoms with Crippen LogP contribution in [0.4, 0.5) is 0 Å². The van der Waals surface area contributed by atoms with Crippen LogP contribution < -0.4 is 0 Å². The van der Waals surface area contributed by atoms with E-state index in [1.165, 1.54) is 32.7 Å². The minimum Gasteiger partial charge on any atom is -0.248 e. The Morgan fingerprint density at radius 2 is 1.00 bits per heavy atom. The molecule has 1 nitrogen and oxygen atoms in total. The van der Waals surface area contributed by atoms with Gasteiger partial charge in [-0.3, -0.25) is 0 Å². The smallest absolute Gasteiger partial charge is 0.0715 e. The van der Waals surface area contributed by atoms with Crippen LogP contribution in [-0.2, 0) is 0 Å². The second-order valence-corrected chi connectivity index (χ2v) is 6.05. The van der Waals surface area contributed by atoms with Gasteiger partial charge >= 0.3 is 0 Å². The number of hydrogen-bond donors (Lipinski definition) is 0. The van der Waals surface area contributed by atoms with Gasteiger partial charge in [-0.05, 0) is 28.5 Å². The zero-order chi connectivity index (χ0) is 15.9. The lowest BCUT2D eigenvalue weighted by Crippen LogP contribution is -1.89. The summed E-state index contributed by atoms with van der Waals surface area (Å²) in [6.45, 7) is 0. The number of nitrogens with zero attached hydrogens (tertiary/aromatic N) is 1. The van der Waals surface area contributed by atoms with E-state index >= 15 is 0 Å². The fourth-order valence-corrected chi connectivity index (χ4v) is 3.57. The first kappa shape index (κ1) is 13.3. The van der Waals surface area contributed by atoms with Gasteiger partial charge < -0.3 is 0 Å². The summed E-state index contributed by atoms with van der Waals surface area (Å²) in [5, 5.41) is 4.95. The van der Waals surface area contributed by atoms with E-state index in [0.29, 0.717) is 0 Å². The van der Waals surface area contributed by atoms with Gasteiger partial charge in [0.25, 0.3) is 0 Å². The van der Waals surface area contributed by atoms with Crippen LogP contribution in [0.3, 0.4) is 0 Å². The van der Waals surface area contributed by atoms with E-state index in [1.807, 2.05) is 0 Å². The molecule has 0 saturated heterocycles. The van der Waals surface area contributed by atoms with Gasteiger partial charge in [0.05, 0.1) is 11.0 Å². The van der Waals surface area contributed by atoms with Crippen molar-refractivity contribution >= 4 is 32.6 Å². The monoisotopic (exact) mass is 305 g/mol. The topological polar surface area (TPSA) is 12.9 Å². The highest BCUT2D eigenvalue weighted by atomic mass is 14.7. The van der Waals surface area contributed by atoms with Gasteiger partial charge in [0.2, 0.25) is 0 Å². The number of benzene rings is 4. The van der Waals surface area contributed by atoms with E-state index in [1.54, 1.807) is 0 Å². The molecule has 0 aliphatic heterocycles. The Labute approximate surface area is 140 Å². The molecular formula is C23H15N. The van der Waals surface area contributed by atoms with E-state index in [-0.39, 0.29) is 0 Å². The van der Waals surface area contributed by atoms with Gasteiger partial charge in [-0.25, -0.2) is 4.98 Å². The molecule has 4 aromatic carbocycles. The van der Waals surface area contributed by atoms with Crippen molar-refractivity contribution in [2.75, 3.05) is 0 Å². The zero-order valence-corrected chi connectivity index (χ0v) is 13.1. The highest BCUT2D eigenvalue weighted by Crippen LogP contribution is 2.38. The molecule has 0 amide bonds. The Bertz CT molecular complexity index is 1150. The van der Waals surface area contributed by atoms with Gasteiger partial charge in [0.1, 0.15) is 0 Å². The molecule has 24 heavy (non-hydrogen) atoms. The third-order valence-electron chi connectivity index (χ3n) is 4.65. The first-order valence-corrected chi connectivity index (χ1v) is 8.17. The second-order valence-electron chi connectivity index (χ2n) is 6.05. The first-order valence-electron chi connectivity index (χ1n) is 8.17. The van der Waals surface area contributed by atoms with Crippen LogP contribution in [0, 0.1) is 0 Å². The standard InChI is InChI=1S/C23H15N/c1-2-10-17-16(8-1)9-7-13-18(17)23-19-11-3-5-14-21(19)24-22-15-6-4-12-20(22)23/h1-15H. The number of rotatable bonds is 1. The Morgan fingerprint density at radius 1 is 0.458 bits per heavy atom. The quantitative estimate of drug-likeness (QED) is 0.336. The summed E-state index contributed by atoms with van der Waals surface area (Å²) in [6.07, 6.45) is 0. The molecule has 0 bridgehead atoms. The van der Waals surface area contributed by atoms with Gasteiger partial charge in [0.15, 0.2) is 0 Å². The van der Waals surface area contributed by atoms with Crippen LogP contribution in [0.15, 0.2) is 91.0 Å². The molecule has 1 aromatic heterocycles. The normalized spacial score (nSPS) is 11.3. The largest absolute Gasteiger partial charge is 0.248 e. The zero-order valence-electron chi connectivity index (χ0n) is 13.1. The molecule has 5 rings (SSSR count). The number of aromatic nitrogens is 1. The lowest BCUT2D eigenvalue weighted by Gasteiger charge is -2.13. The van der Waals surface area contributed by atoms with Gasteiger partial charge in [-0.1, -0.05) is 78.9 Å². The van der Waals surface area contributed by atoms with Crippen LogP contribution in [0.1, 0.15) is 0 Å². The van der Waals surface area contributed by atoms with Crippen molar-refractivity contribution in [2.45, 2.75) is 0 Å². The molecule has 112 valence electrons. The van der Waals surface area contributed by atoms with Gasteiger partial charge in [-0.15, -0.1) is 0 Å². The highest BCUT2D eigenvalue weighted by molar-refractivity contribution is 6.14. The Kier molecular flexibility index (Phi) is 2.86. The molecule has 0 spiro atoms. The van der Waals surface area contributed by atoms with Crippen LogP contribution >= 0.6 is 0 Å². The molecule has 0 atom stereocenters. The lowest BCUT2D eigenvalue weighted by molar-refractivity contribution is 1.50. The fraction of sp³-hybridized carbons (Fsp3) is 0. The minimum atomic E-state index is 1.04. The maximum atomic E-state index is 4.84. The van der Waals surface area contributed by atoms with E-state index in [4.69, 9.17) is 4.98 Å². The summed E-state index contributed by atoms with van der Waals surface area (Å²) in [4.78, 5) is 4.84. The van der Waals surface area contributed by atoms with E-state index in [2.05, 4.69) is 91.0 Å². The van der Waals surface area contributed by atoms with Crippen molar-refractivity contribution in [3.8, 4) is 11.1 Å². The number of fused-ring (bicyclic) bond motifs is 3. The average molecular weight is 305 g/mol. The van der Waals surface area contributed by atoms with Crippen LogP contribution in [0.25, 0.3) is 43.7 Å². The van der Waals surface area contributed by atoms with E-state index in [9.17, 15) is 0 Å². The molecule has 0 radical (unpaired) electrons. The Balaban J connectivity index is 2.04. The molecule has 0 fully saturated rings. The number of hydrogen-bond acceptors (Lipinski definition) is 1. The molecule has 5 aromatic rings. The Hall–Kier alpha value is -3.19. The van der Waals surface area contributed by atoms with E-state index < -0.39 is 0 Å². The van der Waals surface area contributed by atoms with Crippen molar-refractivity contribution in [1.29, 1.82) is 0 Å².